The summed E-state index contributed by atoms with van der Waals surface area (Å²) in [7, 11) is 0. The molecule has 1 heterocycles. The summed E-state index contributed by atoms with van der Waals surface area (Å²) in [6.45, 7) is 2.81. The third kappa shape index (κ3) is 12.4. The second-order valence-corrected chi connectivity index (χ2v) is 2.90. The zero-order valence-electron chi connectivity index (χ0n) is 8.71. The molecule has 0 aromatic rings. The Morgan fingerprint density at radius 2 is 1.73 bits per heavy atom. The average molecular weight is 318 g/mol. The largest absolute Gasteiger partial charge is 4.00 e. The Kier molecular flexibility index (Phi) is 20.1. The molecule has 2 aliphatic rings. The van der Waals surface area contributed by atoms with Crippen molar-refractivity contribution in [3.8, 4) is 0 Å². The van der Waals surface area contributed by atoms with Crippen molar-refractivity contribution in [3.05, 3.63) is 48.5 Å². The molecule has 2 rings (SSSR count). The summed E-state index contributed by atoms with van der Waals surface area (Å²) >= 11 is 0. The van der Waals surface area contributed by atoms with E-state index >= 15 is 0 Å². The summed E-state index contributed by atoms with van der Waals surface area (Å²) in [5.41, 5.74) is 0. The normalized spacial score (nSPS) is 14.3. The van der Waals surface area contributed by atoms with Crippen LogP contribution in [-0.2, 0) is 26.2 Å². The second kappa shape index (κ2) is 14.5. The quantitative estimate of drug-likeness (QED) is 0.328. The van der Waals surface area contributed by atoms with E-state index in [4.69, 9.17) is 0 Å². The predicted octanol–water partition coefficient (Wildman–Crippen LogP) is -3.11. The molecule has 0 radical (unpaired) electrons. The maximum Gasteiger partial charge on any atom is 4.00 e. The summed E-state index contributed by atoms with van der Waals surface area (Å²) in [4.78, 5) is 0. The van der Waals surface area contributed by atoms with Gasteiger partial charge in [-0.25, -0.2) is 24.3 Å². The van der Waals surface area contributed by atoms with Crippen LogP contribution in [0.5, 0.6) is 0 Å². The van der Waals surface area contributed by atoms with Gasteiger partial charge < -0.3 is 30.8 Å². The number of allylic oxidation sites excluding steroid dienone is 7. The van der Waals surface area contributed by atoms with Crippen LogP contribution in [0.2, 0.25) is 13.1 Å². The van der Waals surface area contributed by atoms with Crippen LogP contribution in [0, 0.1) is 12.1 Å². The molecule has 1 aliphatic heterocycles. The molecule has 0 atom stereocenters. The van der Waals surface area contributed by atoms with Crippen molar-refractivity contribution in [1.82, 2.24) is 0 Å². The van der Waals surface area contributed by atoms with E-state index in [0.717, 1.165) is 12.7 Å². The van der Waals surface area contributed by atoms with E-state index in [1.54, 1.807) is 0 Å². The molecule has 0 N–H and O–H groups in total. The molecule has 0 saturated carbocycles. The van der Waals surface area contributed by atoms with Crippen molar-refractivity contribution >= 4 is 6.71 Å². The number of rotatable bonds is 0. The van der Waals surface area contributed by atoms with E-state index in [1.165, 1.54) is 0 Å². The number of hydrogen-bond donors (Lipinski definition) is 0. The summed E-state index contributed by atoms with van der Waals surface area (Å²) in [5.74, 6) is 3.17. The Balaban J connectivity index is -0.000000165. The van der Waals surface area contributed by atoms with Crippen LogP contribution < -0.4 is 24.8 Å². The van der Waals surface area contributed by atoms with Crippen molar-refractivity contribution in [2.75, 3.05) is 0 Å². The smallest absolute Gasteiger partial charge is 1.00 e. The van der Waals surface area contributed by atoms with Crippen LogP contribution in [0.4, 0.5) is 0 Å². The van der Waals surface area contributed by atoms with Crippen LogP contribution in [0.25, 0.3) is 0 Å². The topological polar surface area (TPSA) is 0 Å². The Morgan fingerprint density at radius 1 is 1.07 bits per heavy atom. The van der Waals surface area contributed by atoms with E-state index in [1.807, 2.05) is 24.3 Å². The first-order valence-corrected chi connectivity index (χ1v) is 4.36. The molecule has 0 unspecified atom stereocenters. The first-order chi connectivity index (χ1) is 5.89. The van der Waals surface area contributed by atoms with Gasteiger partial charge in [-0.15, -0.1) is 6.42 Å². The summed E-state index contributed by atoms with van der Waals surface area (Å²) in [6, 6.07) is 0. The van der Waals surface area contributed by atoms with Gasteiger partial charge in [-0.1, -0.05) is 13.1 Å². The minimum absolute atomic E-state index is 0. The van der Waals surface area contributed by atoms with E-state index in [9.17, 15) is 0 Å². The van der Waals surface area contributed by atoms with Crippen LogP contribution in [0.3, 0.4) is 0 Å². The first kappa shape index (κ1) is 20.8. The molecule has 0 nitrogen and oxygen atoms in total. The Hall–Kier alpha value is 0.488. The average Bonchev–Trinajstić information content (AvgIpc) is 2.62. The van der Waals surface area contributed by atoms with Crippen molar-refractivity contribution in [2.45, 2.75) is 19.6 Å². The second-order valence-electron chi connectivity index (χ2n) is 2.90. The molecule has 0 spiro atoms. The Morgan fingerprint density at radius 3 is 1.93 bits per heavy atom. The molecular formula is C11H13BCl2Zr. The van der Waals surface area contributed by atoms with Crippen LogP contribution in [-0.4, -0.2) is 6.71 Å². The molecule has 1 aliphatic carbocycles. The van der Waals surface area contributed by atoms with Gasteiger partial charge in [0.15, 0.2) is 0 Å². The fourth-order valence-electron chi connectivity index (χ4n) is 0.979. The third-order valence-electron chi connectivity index (χ3n) is 1.69. The standard InChI is InChI=1S/C6H8B.C5H5.2ClH.Zr/c1-7-5-3-2-4-6-7;1-2-4-5-3-1;;;/h2-4H,5H2,1H3;1-3H,4H2;2*1H;/q2*-1;;;+4/p-2. The maximum absolute atomic E-state index is 3.17. The van der Waals surface area contributed by atoms with Gasteiger partial charge in [-0.05, 0) is 0 Å². The molecule has 0 aromatic heterocycles. The van der Waals surface area contributed by atoms with Gasteiger partial charge in [0.05, 0.1) is 6.71 Å². The van der Waals surface area contributed by atoms with Crippen molar-refractivity contribution in [2.24, 2.45) is 0 Å². The molecule has 0 aromatic carbocycles. The first-order valence-electron chi connectivity index (χ1n) is 4.36. The summed E-state index contributed by atoms with van der Waals surface area (Å²) in [6.07, 6.45) is 17.4. The summed E-state index contributed by atoms with van der Waals surface area (Å²) < 4.78 is 0. The fourth-order valence-corrected chi connectivity index (χ4v) is 0.979. The van der Waals surface area contributed by atoms with Gasteiger partial charge in [-0.2, -0.15) is 12.2 Å². The zero-order chi connectivity index (χ0) is 8.65. The van der Waals surface area contributed by atoms with Crippen molar-refractivity contribution in [1.29, 1.82) is 0 Å². The Bertz CT molecular complexity index is 225. The van der Waals surface area contributed by atoms with E-state index in [0.29, 0.717) is 6.71 Å². The molecule has 0 fully saturated rings. The third-order valence-corrected chi connectivity index (χ3v) is 1.69. The molecule has 0 bridgehead atoms. The fraction of sp³-hybridized carbons (Fsp3) is 0.273. The molecular weight excluding hydrogens is 305 g/mol. The Labute approximate surface area is 125 Å². The van der Waals surface area contributed by atoms with Gasteiger partial charge in [0.25, 0.3) is 0 Å². The van der Waals surface area contributed by atoms with Crippen molar-refractivity contribution < 1.29 is 51.0 Å². The van der Waals surface area contributed by atoms with Gasteiger partial charge in [-0.3, -0.25) is 6.08 Å². The molecule has 78 valence electrons. The molecule has 15 heavy (non-hydrogen) atoms. The minimum atomic E-state index is 0. The van der Waals surface area contributed by atoms with Gasteiger partial charge >= 0.3 is 26.2 Å². The van der Waals surface area contributed by atoms with E-state index < -0.39 is 0 Å². The van der Waals surface area contributed by atoms with Crippen LogP contribution in [0.15, 0.2) is 36.5 Å². The monoisotopic (exact) mass is 316 g/mol. The molecule has 0 saturated heterocycles. The van der Waals surface area contributed by atoms with Crippen LogP contribution in [0.1, 0.15) is 6.42 Å². The minimum Gasteiger partial charge on any atom is -1.00 e. The van der Waals surface area contributed by atoms with E-state index in [-0.39, 0.29) is 51.0 Å². The SMILES string of the molecule is CB1[C-]=CC=CC1.[C-]1=CC=CC1.[Cl-].[Cl-].[Zr+4]. The van der Waals surface area contributed by atoms with Crippen molar-refractivity contribution in [3.63, 3.8) is 0 Å². The van der Waals surface area contributed by atoms with Gasteiger partial charge in [0, 0.05) is 0 Å². The number of halogens is 2. The van der Waals surface area contributed by atoms with E-state index in [2.05, 4.69) is 31.0 Å². The van der Waals surface area contributed by atoms with Gasteiger partial charge in [0.2, 0.25) is 0 Å². The molecule has 0 amide bonds. The zero-order valence-corrected chi connectivity index (χ0v) is 12.7. The number of hydrogen-bond acceptors (Lipinski definition) is 0. The maximum atomic E-state index is 3.17. The predicted molar refractivity (Wildman–Crippen MR) is 54.9 cm³/mol. The van der Waals surface area contributed by atoms with Crippen LogP contribution >= 0.6 is 0 Å². The summed E-state index contributed by atoms with van der Waals surface area (Å²) in [5, 5.41) is 0. The van der Waals surface area contributed by atoms with Gasteiger partial charge in [0.1, 0.15) is 0 Å². The molecule has 4 heteroatoms.